The van der Waals surface area contributed by atoms with Crippen LogP contribution < -0.4 is 4.74 Å². The zero-order valence-corrected chi connectivity index (χ0v) is 12.0. The van der Waals surface area contributed by atoms with E-state index in [0.717, 1.165) is 12.2 Å². The van der Waals surface area contributed by atoms with Crippen LogP contribution in [0.1, 0.15) is 18.2 Å². The number of para-hydroxylation sites is 1. The Bertz CT molecular complexity index is 534. The van der Waals surface area contributed by atoms with E-state index in [4.69, 9.17) is 4.74 Å². The summed E-state index contributed by atoms with van der Waals surface area (Å²) < 4.78 is 7.89. The first kappa shape index (κ1) is 13.6. The monoisotopic (exact) mass is 259 g/mol. The fraction of sp³-hybridized carbons (Fsp3) is 0.400. The summed E-state index contributed by atoms with van der Waals surface area (Å²) in [6.07, 6.45) is 2.70. The summed E-state index contributed by atoms with van der Waals surface area (Å²) in [5.41, 5.74) is 2.35. The fourth-order valence-electron chi connectivity index (χ4n) is 1.82. The van der Waals surface area contributed by atoms with Gasteiger partial charge in [-0.2, -0.15) is 5.10 Å². The molecule has 1 unspecified atom stereocenters. The van der Waals surface area contributed by atoms with Crippen LogP contribution in [0.15, 0.2) is 36.5 Å². The van der Waals surface area contributed by atoms with E-state index in [1.54, 1.807) is 0 Å². The highest BCUT2D eigenvalue weighted by Crippen LogP contribution is 2.22. The highest BCUT2D eigenvalue weighted by molar-refractivity contribution is 5.36. The molecule has 0 saturated carbocycles. The lowest BCUT2D eigenvalue weighted by atomic mass is 10.1. The van der Waals surface area contributed by atoms with E-state index < -0.39 is 0 Å². The minimum absolute atomic E-state index is 0.0488. The lowest BCUT2D eigenvalue weighted by Crippen LogP contribution is -2.30. The van der Waals surface area contributed by atoms with Gasteiger partial charge >= 0.3 is 0 Å². The van der Waals surface area contributed by atoms with Crippen LogP contribution >= 0.6 is 0 Å². The maximum Gasteiger partial charge on any atom is 0.149 e. The molecule has 1 aromatic carbocycles. The molecule has 0 fully saturated rings. The van der Waals surface area contributed by atoms with E-state index in [1.807, 2.05) is 68.1 Å². The molecule has 1 atom stereocenters. The molecule has 2 rings (SSSR count). The summed E-state index contributed by atoms with van der Waals surface area (Å²) >= 11 is 0. The minimum atomic E-state index is 0.0488. The van der Waals surface area contributed by atoms with Gasteiger partial charge in [-0.3, -0.25) is 9.58 Å². The standard InChI is InChI=1S/C15H21N3O/c1-12(17(2)3)19-15-8-6-5-7-13(15)11-14-9-10-16-18(14)4/h5-10,12H,11H2,1-4H3. The fourth-order valence-corrected chi connectivity index (χ4v) is 1.82. The normalized spacial score (nSPS) is 12.7. The first-order valence-electron chi connectivity index (χ1n) is 6.46. The highest BCUT2D eigenvalue weighted by atomic mass is 16.5. The van der Waals surface area contributed by atoms with Crippen molar-refractivity contribution in [3.63, 3.8) is 0 Å². The van der Waals surface area contributed by atoms with Crippen molar-refractivity contribution in [1.82, 2.24) is 14.7 Å². The quantitative estimate of drug-likeness (QED) is 0.772. The molecule has 2 aromatic rings. The lowest BCUT2D eigenvalue weighted by Gasteiger charge is -2.22. The second-order valence-corrected chi connectivity index (χ2v) is 4.91. The van der Waals surface area contributed by atoms with Gasteiger partial charge in [0.25, 0.3) is 0 Å². The average Bonchev–Trinajstić information content (AvgIpc) is 2.77. The molecule has 4 heteroatoms. The van der Waals surface area contributed by atoms with Gasteiger partial charge in [0.15, 0.2) is 0 Å². The Morgan fingerprint density at radius 3 is 2.63 bits per heavy atom. The molecule has 0 aliphatic rings. The molecule has 4 nitrogen and oxygen atoms in total. The maximum absolute atomic E-state index is 5.99. The van der Waals surface area contributed by atoms with Crippen molar-refractivity contribution >= 4 is 0 Å². The van der Waals surface area contributed by atoms with Gasteiger partial charge in [-0.25, -0.2) is 0 Å². The molecule has 19 heavy (non-hydrogen) atoms. The largest absolute Gasteiger partial charge is 0.475 e. The van der Waals surface area contributed by atoms with Gasteiger partial charge in [0.1, 0.15) is 12.0 Å². The van der Waals surface area contributed by atoms with E-state index in [2.05, 4.69) is 11.2 Å². The highest BCUT2D eigenvalue weighted by Gasteiger charge is 2.11. The molecule has 0 radical (unpaired) electrons. The molecule has 0 aliphatic heterocycles. The molecule has 0 aliphatic carbocycles. The predicted molar refractivity (Wildman–Crippen MR) is 76.2 cm³/mol. The van der Waals surface area contributed by atoms with E-state index >= 15 is 0 Å². The SMILES string of the molecule is CC(Oc1ccccc1Cc1ccnn1C)N(C)C. The maximum atomic E-state index is 5.99. The Labute approximate surface area is 114 Å². The summed E-state index contributed by atoms with van der Waals surface area (Å²) in [6.45, 7) is 2.04. The number of hydrogen-bond acceptors (Lipinski definition) is 3. The molecule has 0 N–H and O–H groups in total. The Balaban J connectivity index is 2.19. The van der Waals surface area contributed by atoms with Crippen LogP contribution in [-0.2, 0) is 13.5 Å². The van der Waals surface area contributed by atoms with Gasteiger partial charge < -0.3 is 4.74 Å². The van der Waals surface area contributed by atoms with E-state index in [9.17, 15) is 0 Å². The lowest BCUT2D eigenvalue weighted by molar-refractivity contribution is 0.0806. The minimum Gasteiger partial charge on any atom is -0.475 e. The third kappa shape index (κ3) is 3.35. The number of benzene rings is 1. The number of rotatable bonds is 5. The molecular formula is C15H21N3O. The second-order valence-electron chi connectivity index (χ2n) is 4.91. The van der Waals surface area contributed by atoms with Crippen molar-refractivity contribution in [3.8, 4) is 5.75 Å². The summed E-state index contributed by atoms with van der Waals surface area (Å²) in [5, 5.41) is 4.20. The molecular weight excluding hydrogens is 238 g/mol. The Hall–Kier alpha value is -1.81. The Morgan fingerprint density at radius 1 is 1.26 bits per heavy atom. The molecule has 0 saturated heterocycles. The van der Waals surface area contributed by atoms with E-state index in [1.165, 1.54) is 11.3 Å². The number of aromatic nitrogens is 2. The number of ether oxygens (including phenoxy) is 1. The second kappa shape index (κ2) is 5.89. The van der Waals surface area contributed by atoms with Crippen molar-refractivity contribution in [1.29, 1.82) is 0 Å². The molecule has 0 bridgehead atoms. The van der Waals surface area contributed by atoms with Crippen LogP contribution in [0.3, 0.4) is 0 Å². The van der Waals surface area contributed by atoms with Crippen molar-refractivity contribution in [2.24, 2.45) is 7.05 Å². The summed E-state index contributed by atoms with van der Waals surface area (Å²) in [6, 6.07) is 10.2. The van der Waals surface area contributed by atoms with Crippen LogP contribution in [0.5, 0.6) is 5.75 Å². The molecule has 102 valence electrons. The van der Waals surface area contributed by atoms with Gasteiger partial charge in [-0.1, -0.05) is 18.2 Å². The van der Waals surface area contributed by atoms with E-state index in [0.29, 0.717) is 0 Å². The van der Waals surface area contributed by atoms with Crippen molar-refractivity contribution in [2.45, 2.75) is 19.6 Å². The Kier molecular flexibility index (Phi) is 4.22. The summed E-state index contributed by atoms with van der Waals surface area (Å²) in [7, 11) is 5.98. The van der Waals surface area contributed by atoms with Gasteiger partial charge in [0.2, 0.25) is 0 Å². The molecule has 0 amide bonds. The molecule has 1 aromatic heterocycles. The summed E-state index contributed by atoms with van der Waals surface area (Å²) in [5.74, 6) is 0.935. The summed E-state index contributed by atoms with van der Waals surface area (Å²) in [4.78, 5) is 2.04. The number of aryl methyl sites for hydroxylation is 1. The van der Waals surface area contributed by atoms with Crippen LogP contribution in [0.25, 0.3) is 0 Å². The smallest absolute Gasteiger partial charge is 0.149 e. The first-order chi connectivity index (χ1) is 9.08. The average molecular weight is 259 g/mol. The number of hydrogen-bond donors (Lipinski definition) is 0. The third-order valence-electron chi connectivity index (χ3n) is 3.29. The third-order valence-corrected chi connectivity index (χ3v) is 3.29. The predicted octanol–water partition coefficient (Wildman–Crippen LogP) is 2.30. The van der Waals surface area contributed by atoms with Crippen molar-refractivity contribution < 1.29 is 4.74 Å². The van der Waals surface area contributed by atoms with Gasteiger partial charge in [-0.15, -0.1) is 0 Å². The van der Waals surface area contributed by atoms with Crippen molar-refractivity contribution in [2.75, 3.05) is 14.1 Å². The number of nitrogens with zero attached hydrogens (tertiary/aromatic N) is 3. The Morgan fingerprint density at radius 2 is 2.00 bits per heavy atom. The van der Waals surface area contributed by atoms with Gasteiger partial charge in [0.05, 0.1) is 0 Å². The van der Waals surface area contributed by atoms with Crippen molar-refractivity contribution in [3.05, 3.63) is 47.8 Å². The van der Waals surface area contributed by atoms with Gasteiger partial charge in [0, 0.05) is 30.9 Å². The van der Waals surface area contributed by atoms with Gasteiger partial charge in [-0.05, 0) is 33.2 Å². The topological polar surface area (TPSA) is 30.3 Å². The zero-order chi connectivity index (χ0) is 13.8. The van der Waals surface area contributed by atoms with Crippen LogP contribution in [-0.4, -0.2) is 35.0 Å². The molecule has 0 spiro atoms. The first-order valence-corrected chi connectivity index (χ1v) is 6.46. The zero-order valence-electron chi connectivity index (χ0n) is 12.0. The van der Waals surface area contributed by atoms with Crippen LogP contribution in [0, 0.1) is 0 Å². The molecule has 1 heterocycles. The van der Waals surface area contributed by atoms with Crippen LogP contribution in [0.4, 0.5) is 0 Å². The van der Waals surface area contributed by atoms with Crippen LogP contribution in [0.2, 0.25) is 0 Å². The van der Waals surface area contributed by atoms with E-state index in [-0.39, 0.29) is 6.23 Å².